The van der Waals surface area contributed by atoms with Crippen LogP contribution in [0.2, 0.25) is 0 Å². The number of hydrogen-bond donors (Lipinski definition) is 1. The first-order valence-electron chi connectivity index (χ1n) is 8.51. The van der Waals surface area contributed by atoms with Gasteiger partial charge in [0.25, 0.3) is 5.91 Å². The van der Waals surface area contributed by atoms with Crippen molar-refractivity contribution in [3.8, 4) is 11.5 Å². The first-order valence-corrected chi connectivity index (χ1v) is 8.51. The molecule has 7 heteroatoms. The fourth-order valence-electron chi connectivity index (χ4n) is 3.00. The third kappa shape index (κ3) is 4.22. The summed E-state index contributed by atoms with van der Waals surface area (Å²) in [6, 6.07) is 4.85. The van der Waals surface area contributed by atoms with E-state index in [1.807, 2.05) is 11.8 Å². The average molecular weight is 349 g/mol. The van der Waals surface area contributed by atoms with Crippen molar-refractivity contribution in [1.82, 2.24) is 4.90 Å². The lowest BCUT2D eigenvalue weighted by atomic mass is 10.1. The number of benzene rings is 1. The van der Waals surface area contributed by atoms with E-state index < -0.39 is 12.6 Å². The zero-order valence-electron chi connectivity index (χ0n) is 14.3. The number of nitrogens with zero attached hydrogens (tertiary/aromatic N) is 1. The highest BCUT2D eigenvalue weighted by molar-refractivity contribution is 5.95. The van der Waals surface area contributed by atoms with Gasteiger partial charge in [-0.3, -0.25) is 4.79 Å². The molecule has 1 saturated carbocycles. The fraction of sp³-hybridized carbons (Fsp3) is 0.556. The Labute approximate surface area is 146 Å². The number of ether oxygens (including phenoxy) is 3. The van der Waals surface area contributed by atoms with Gasteiger partial charge in [-0.2, -0.15) is 0 Å². The van der Waals surface area contributed by atoms with E-state index in [2.05, 4.69) is 0 Å². The maximum Gasteiger partial charge on any atom is 0.341 e. The molecule has 0 aromatic heterocycles. The number of carbonyl (C=O) groups is 2. The molecule has 1 aromatic carbocycles. The van der Waals surface area contributed by atoms with Crippen molar-refractivity contribution in [3.63, 3.8) is 0 Å². The van der Waals surface area contributed by atoms with Crippen molar-refractivity contribution < 1.29 is 28.9 Å². The molecule has 1 amide bonds. The van der Waals surface area contributed by atoms with Crippen LogP contribution in [0.5, 0.6) is 11.5 Å². The molecule has 1 spiro atoms. The van der Waals surface area contributed by atoms with Gasteiger partial charge in [-0.05, 0) is 38.0 Å². The molecule has 1 saturated heterocycles. The smallest absolute Gasteiger partial charge is 0.341 e. The van der Waals surface area contributed by atoms with Crippen molar-refractivity contribution in [2.45, 2.75) is 19.8 Å². The maximum absolute atomic E-state index is 12.9. The van der Waals surface area contributed by atoms with Crippen molar-refractivity contribution in [2.24, 2.45) is 5.41 Å². The maximum atomic E-state index is 12.9. The quantitative estimate of drug-likeness (QED) is 0.843. The average Bonchev–Trinajstić information content (AvgIpc) is 3.39. The van der Waals surface area contributed by atoms with Crippen LogP contribution in [-0.4, -0.2) is 61.4 Å². The van der Waals surface area contributed by atoms with Crippen LogP contribution in [0, 0.1) is 5.41 Å². The van der Waals surface area contributed by atoms with Crippen LogP contribution in [0.1, 0.15) is 30.1 Å². The third-order valence-electron chi connectivity index (χ3n) is 4.53. The normalized spacial score (nSPS) is 18.5. The molecule has 1 aliphatic carbocycles. The highest BCUT2D eigenvalue weighted by Crippen LogP contribution is 2.47. The van der Waals surface area contributed by atoms with Gasteiger partial charge >= 0.3 is 5.97 Å². The Morgan fingerprint density at radius 2 is 2.08 bits per heavy atom. The van der Waals surface area contributed by atoms with Crippen molar-refractivity contribution in [3.05, 3.63) is 23.8 Å². The minimum absolute atomic E-state index is 0.0671. The van der Waals surface area contributed by atoms with E-state index in [1.165, 1.54) is 0 Å². The van der Waals surface area contributed by atoms with Gasteiger partial charge in [-0.1, -0.05) is 0 Å². The summed E-state index contributed by atoms with van der Waals surface area (Å²) in [6.45, 7) is 4.31. The second kappa shape index (κ2) is 7.31. The lowest BCUT2D eigenvalue weighted by Crippen LogP contribution is -2.36. The zero-order chi connectivity index (χ0) is 17.9. The predicted octanol–water partition coefficient (Wildman–Crippen LogP) is 1.80. The van der Waals surface area contributed by atoms with Gasteiger partial charge in [0.15, 0.2) is 18.1 Å². The monoisotopic (exact) mass is 349 g/mol. The van der Waals surface area contributed by atoms with Crippen LogP contribution in [0.25, 0.3) is 0 Å². The summed E-state index contributed by atoms with van der Waals surface area (Å²) >= 11 is 0. The number of carboxylic acid groups (broad SMARTS) is 1. The van der Waals surface area contributed by atoms with E-state index in [0.717, 1.165) is 19.4 Å². The second-order valence-corrected chi connectivity index (χ2v) is 6.56. The van der Waals surface area contributed by atoms with Gasteiger partial charge in [0, 0.05) is 24.1 Å². The molecule has 3 rings (SSSR count). The van der Waals surface area contributed by atoms with E-state index >= 15 is 0 Å². The molecule has 136 valence electrons. The SMILES string of the molecule is CCOc1cc(C(=O)N2CCOCC3(CC3)C2)ccc1OCC(=O)O. The van der Waals surface area contributed by atoms with E-state index in [4.69, 9.17) is 19.3 Å². The highest BCUT2D eigenvalue weighted by atomic mass is 16.5. The van der Waals surface area contributed by atoms with Crippen LogP contribution < -0.4 is 9.47 Å². The molecule has 1 N–H and O–H groups in total. The summed E-state index contributed by atoms with van der Waals surface area (Å²) in [6.07, 6.45) is 2.20. The second-order valence-electron chi connectivity index (χ2n) is 6.56. The number of carbonyl (C=O) groups excluding carboxylic acids is 1. The zero-order valence-corrected chi connectivity index (χ0v) is 14.3. The molecule has 0 unspecified atom stereocenters. The van der Waals surface area contributed by atoms with Crippen molar-refractivity contribution in [1.29, 1.82) is 0 Å². The number of aliphatic carboxylic acids is 1. The van der Waals surface area contributed by atoms with E-state index in [0.29, 0.717) is 43.4 Å². The number of rotatable bonds is 6. The lowest BCUT2D eigenvalue weighted by Gasteiger charge is -2.24. The molecule has 1 aromatic rings. The minimum Gasteiger partial charge on any atom is -0.490 e. The Balaban J connectivity index is 1.77. The van der Waals surface area contributed by atoms with Crippen LogP contribution in [-0.2, 0) is 9.53 Å². The van der Waals surface area contributed by atoms with Gasteiger partial charge in [0.1, 0.15) is 0 Å². The Kier molecular flexibility index (Phi) is 5.13. The van der Waals surface area contributed by atoms with Gasteiger partial charge in [0.05, 0.1) is 19.8 Å². The molecular weight excluding hydrogens is 326 g/mol. The van der Waals surface area contributed by atoms with Crippen molar-refractivity contribution >= 4 is 11.9 Å². The van der Waals surface area contributed by atoms with Crippen LogP contribution in [0.15, 0.2) is 18.2 Å². The molecule has 0 atom stereocenters. The summed E-state index contributed by atoms with van der Waals surface area (Å²) in [5.74, 6) is -0.440. The molecular formula is C18H23NO6. The largest absolute Gasteiger partial charge is 0.490 e. The summed E-state index contributed by atoms with van der Waals surface area (Å²) < 4.78 is 16.4. The highest BCUT2D eigenvalue weighted by Gasteiger charge is 2.46. The molecule has 1 aliphatic heterocycles. The van der Waals surface area contributed by atoms with Crippen LogP contribution >= 0.6 is 0 Å². The van der Waals surface area contributed by atoms with E-state index in [-0.39, 0.29) is 11.3 Å². The lowest BCUT2D eigenvalue weighted by molar-refractivity contribution is -0.139. The third-order valence-corrected chi connectivity index (χ3v) is 4.53. The first-order chi connectivity index (χ1) is 12.0. The summed E-state index contributed by atoms with van der Waals surface area (Å²) in [5.41, 5.74) is 0.642. The van der Waals surface area contributed by atoms with E-state index in [1.54, 1.807) is 18.2 Å². The molecule has 1 heterocycles. The molecule has 0 radical (unpaired) electrons. The van der Waals surface area contributed by atoms with Gasteiger partial charge < -0.3 is 24.2 Å². The Morgan fingerprint density at radius 3 is 2.76 bits per heavy atom. The summed E-state index contributed by atoms with van der Waals surface area (Å²) in [7, 11) is 0. The van der Waals surface area contributed by atoms with Crippen LogP contribution in [0.4, 0.5) is 0 Å². The standard InChI is InChI=1S/C18H23NO6/c1-2-24-15-9-13(3-4-14(15)25-10-16(20)21)17(22)19-7-8-23-12-18(11-19)5-6-18/h3-4,9H,2,5-8,10-12H2,1H3,(H,20,21). The molecule has 2 fully saturated rings. The fourth-order valence-corrected chi connectivity index (χ4v) is 3.00. The Hall–Kier alpha value is -2.28. The Bertz CT molecular complexity index is 655. The van der Waals surface area contributed by atoms with E-state index in [9.17, 15) is 9.59 Å². The molecule has 2 aliphatic rings. The van der Waals surface area contributed by atoms with Crippen molar-refractivity contribution in [2.75, 3.05) is 39.5 Å². The van der Waals surface area contributed by atoms with Gasteiger partial charge in [-0.15, -0.1) is 0 Å². The molecule has 7 nitrogen and oxygen atoms in total. The van der Waals surface area contributed by atoms with Crippen LogP contribution in [0.3, 0.4) is 0 Å². The minimum atomic E-state index is -1.07. The first kappa shape index (κ1) is 17.5. The molecule has 25 heavy (non-hydrogen) atoms. The summed E-state index contributed by atoms with van der Waals surface area (Å²) in [5, 5.41) is 8.75. The number of carboxylic acids is 1. The van der Waals surface area contributed by atoms with Gasteiger partial charge in [0.2, 0.25) is 0 Å². The Morgan fingerprint density at radius 1 is 1.28 bits per heavy atom. The topological polar surface area (TPSA) is 85.3 Å². The van der Waals surface area contributed by atoms with Gasteiger partial charge in [-0.25, -0.2) is 4.79 Å². The number of amides is 1. The summed E-state index contributed by atoms with van der Waals surface area (Å²) in [4.78, 5) is 25.4. The predicted molar refractivity (Wildman–Crippen MR) is 89.1 cm³/mol. The number of hydrogen-bond acceptors (Lipinski definition) is 5. The molecule has 0 bridgehead atoms.